The van der Waals surface area contributed by atoms with E-state index < -0.39 is 0 Å². The van der Waals surface area contributed by atoms with Crippen LogP contribution in [0.25, 0.3) is 0 Å². The van der Waals surface area contributed by atoms with Crippen molar-refractivity contribution < 1.29 is 0 Å². The van der Waals surface area contributed by atoms with Crippen LogP contribution in [0.2, 0.25) is 0 Å². The quantitative estimate of drug-likeness (QED) is 0.804. The molecule has 1 N–H and O–H groups in total. The Kier molecular flexibility index (Phi) is 4.30. The predicted octanol–water partition coefficient (Wildman–Crippen LogP) is 3.26. The molecule has 1 aromatic rings. The zero-order valence-electron chi connectivity index (χ0n) is 10.2. The second-order valence-electron chi connectivity index (χ2n) is 4.64. The van der Waals surface area contributed by atoms with Gasteiger partial charge < -0.3 is 5.32 Å². The first-order valence-corrected chi connectivity index (χ1v) is 7.52. The number of nitrogens with one attached hydrogen (secondary N) is 1. The Bertz CT molecular complexity index is 337. The van der Waals surface area contributed by atoms with Crippen LogP contribution < -0.4 is 5.32 Å². The number of benzene rings is 1. The van der Waals surface area contributed by atoms with Gasteiger partial charge in [0.15, 0.2) is 0 Å². The van der Waals surface area contributed by atoms with Crippen molar-refractivity contribution in [2.75, 3.05) is 18.6 Å². The summed E-state index contributed by atoms with van der Waals surface area (Å²) in [5.74, 6) is 1.96. The van der Waals surface area contributed by atoms with Crippen LogP contribution in [0.5, 0.6) is 0 Å². The van der Waals surface area contributed by atoms with E-state index in [1.807, 2.05) is 11.8 Å². The third-order valence-electron chi connectivity index (χ3n) is 3.50. The third-order valence-corrected chi connectivity index (χ3v) is 4.11. The molecule has 0 spiro atoms. The molecule has 2 unspecified atom stereocenters. The number of fused-ring (bicyclic) bond motifs is 1. The topological polar surface area (TPSA) is 12.0 Å². The Morgan fingerprint density at radius 2 is 2.19 bits per heavy atom. The average Bonchev–Trinajstić information content (AvgIpc) is 2.32. The normalized spacial score (nSPS) is 24.1. The van der Waals surface area contributed by atoms with Crippen molar-refractivity contribution in [1.82, 2.24) is 5.32 Å². The summed E-state index contributed by atoms with van der Waals surface area (Å²) in [5.41, 5.74) is 3.07. The minimum Gasteiger partial charge on any atom is -0.309 e. The van der Waals surface area contributed by atoms with E-state index in [2.05, 4.69) is 42.8 Å². The van der Waals surface area contributed by atoms with Gasteiger partial charge in [0.05, 0.1) is 0 Å². The Balaban J connectivity index is 2.10. The summed E-state index contributed by atoms with van der Waals surface area (Å²) in [5, 5.41) is 3.71. The van der Waals surface area contributed by atoms with E-state index in [9.17, 15) is 0 Å². The lowest BCUT2D eigenvalue weighted by Gasteiger charge is -2.32. The van der Waals surface area contributed by atoms with Gasteiger partial charge in [-0.2, -0.15) is 11.8 Å². The largest absolute Gasteiger partial charge is 0.309 e. The third kappa shape index (κ3) is 2.61. The maximum atomic E-state index is 3.71. The zero-order chi connectivity index (χ0) is 11.4. The van der Waals surface area contributed by atoms with Crippen LogP contribution in [-0.4, -0.2) is 18.6 Å². The molecule has 1 aliphatic carbocycles. The lowest BCUT2D eigenvalue weighted by Crippen LogP contribution is -2.32. The molecule has 2 rings (SSSR count). The molecule has 88 valence electrons. The highest BCUT2D eigenvalue weighted by Gasteiger charge is 2.25. The van der Waals surface area contributed by atoms with Crippen molar-refractivity contribution >= 4 is 11.8 Å². The maximum absolute atomic E-state index is 3.71. The van der Waals surface area contributed by atoms with Gasteiger partial charge in [-0.25, -0.2) is 0 Å². The van der Waals surface area contributed by atoms with Crippen LogP contribution in [0, 0.1) is 5.92 Å². The van der Waals surface area contributed by atoms with Crippen molar-refractivity contribution in [3.63, 3.8) is 0 Å². The van der Waals surface area contributed by atoms with Crippen LogP contribution in [0.15, 0.2) is 24.3 Å². The van der Waals surface area contributed by atoms with Crippen molar-refractivity contribution in [2.24, 2.45) is 5.92 Å². The van der Waals surface area contributed by atoms with Crippen molar-refractivity contribution in [2.45, 2.75) is 25.8 Å². The second kappa shape index (κ2) is 5.74. The van der Waals surface area contributed by atoms with E-state index >= 15 is 0 Å². The first-order valence-electron chi connectivity index (χ1n) is 6.13. The standard InChI is InChI=1S/C14H21NS/c1-11-7-8-12-5-3-4-6-13(12)14(11)15-9-10-16-2/h3-6,11,14-15H,7-10H2,1-2H3. The Morgan fingerprint density at radius 3 is 3.00 bits per heavy atom. The van der Waals surface area contributed by atoms with Gasteiger partial charge in [0.1, 0.15) is 0 Å². The van der Waals surface area contributed by atoms with E-state index in [4.69, 9.17) is 0 Å². The molecule has 0 bridgehead atoms. The van der Waals surface area contributed by atoms with Crippen molar-refractivity contribution in [3.8, 4) is 0 Å². The summed E-state index contributed by atoms with van der Waals surface area (Å²) in [6.07, 6.45) is 4.73. The summed E-state index contributed by atoms with van der Waals surface area (Å²) >= 11 is 1.91. The molecule has 0 heterocycles. The number of rotatable bonds is 4. The molecule has 1 aliphatic rings. The predicted molar refractivity (Wildman–Crippen MR) is 73.1 cm³/mol. The molecular formula is C14H21NS. The van der Waals surface area contributed by atoms with Gasteiger partial charge in [-0.05, 0) is 36.1 Å². The zero-order valence-corrected chi connectivity index (χ0v) is 11.0. The fourth-order valence-corrected chi connectivity index (χ4v) is 2.87. The molecule has 0 amide bonds. The van der Waals surface area contributed by atoms with E-state index in [1.165, 1.54) is 24.2 Å². The highest BCUT2D eigenvalue weighted by atomic mass is 32.2. The fraction of sp³-hybridized carbons (Fsp3) is 0.571. The van der Waals surface area contributed by atoms with Crippen LogP contribution in [0.3, 0.4) is 0 Å². The fourth-order valence-electron chi connectivity index (χ4n) is 2.55. The summed E-state index contributed by atoms with van der Waals surface area (Å²) in [7, 11) is 0. The van der Waals surface area contributed by atoms with E-state index in [-0.39, 0.29) is 0 Å². The highest BCUT2D eigenvalue weighted by Crippen LogP contribution is 2.33. The van der Waals surface area contributed by atoms with Crippen LogP contribution in [0.4, 0.5) is 0 Å². The van der Waals surface area contributed by atoms with Gasteiger partial charge in [-0.1, -0.05) is 31.2 Å². The number of hydrogen-bond donors (Lipinski definition) is 1. The molecule has 2 heteroatoms. The Hall–Kier alpha value is -0.470. The molecule has 0 radical (unpaired) electrons. The lowest BCUT2D eigenvalue weighted by atomic mass is 9.81. The molecule has 1 aromatic carbocycles. The average molecular weight is 235 g/mol. The van der Waals surface area contributed by atoms with Gasteiger partial charge in [0.2, 0.25) is 0 Å². The SMILES string of the molecule is CSCCNC1c2ccccc2CCC1C. The van der Waals surface area contributed by atoms with Gasteiger partial charge >= 0.3 is 0 Å². The molecule has 0 aromatic heterocycles. The van der Waals surface area contributed by atoms with E-state index in [1.54, 1.807) is 5.56 Å². The van der Waals surface area contributed by atoms with Gasteiger partial charge in [0, 0.05) is 18.3 Å². The maximum Gasteiger partial charge on any atom is 0.0349 e. The summed E-state index contributed by atoms with van der Waals surface area (Å²) < 4.78 is 0. The molecule has 0 saturated carbocycles. The van der Waals surface area contributed by atoms with Gasteiger partial charge in [-0.15, -0.1) is 0 Å². The minimum atomic E-state index is 0.567. The number of thioether (sulfide) groups is 1. The van der Waals surface area contributed by atoms with Crippen LogP contribution in [0.1, 0.15) is 30.5 Å². The molecule has 0 saturated heterocycles. The first-order chi connectivity index (χ1) is 7.83. The van der Waals surface area contributed by atoms with E-state index in [0.29, 0.717) is 6.04 Å². The molecule has 2 atom stereocenters. The van der Waals surface area contributed by atoms with Crippen molar-refractivity contribution in [3.05, 3.63) is 35.4 Å². The monoisotopic (exact) mass is 235 g/mol. The van der Waals surface area contributed by atoms with E-state index in [0.717, 1.165) is 12.5 Å². The van der Waals surface area contributed by atoms with Crippen LogP contribution in [-0.2, 0) is 6.42 Å². The number of aryl methyl sites for hydroxylation is 1. The van der Waals surface area contributed by atoms with Crippen molar-refractivity contribution in [1.29, 1.82) is 0 Å². The number of hydrogen-bond acceptors (Lipinski definition) is 2. The van der Waals surface area contributed by atoms with Gasteiger partial charge in [0.25, 0.3) is 0 Å². The Morgan fingerprint density at radius 1 is 1.38 bits per heavy atom. The summed E-state index contributed by atoms with van der Waals surface area (Å²) in [6.45, 7) is 3.48. The Labute approximate surface area is 103 Å². The highest BCUT2D eigenvalue weighted by molar-refractivity contribution is 7.98. The van der Waals surface area contributed by atoms with Gasteiger partial charge in [-0.3, -0.25) is 0 Å². The second-order valence-corrected chi connectivity index (χ2v) is 5.62. The smallest absolute Gasteiger partial charge is 0.0349 e. The molecule has 0 fully saturated rings. The molecular weight excluding hydrogens is 214 g/mol. The summed E-state index contributed by atoms with van der Waals surface area (Å²) in [6, 6.07) is 9.47. The minimum absolute atomic E-state index is 0.567. The molecule has 16 heavy (non-hydrogen) atoms. The lowest BCUT2D eigenvalue weighted by molar-refractivity contribution is 0.351. The first kappa shape index (κ1) is 12.0. The molecule has 1 nitrogen and oxygen atoms in total. The van der Waals surface area contributed by atoms with Crippen LogP contribution >= 0.6 is 11.8 Å². The summed E-state index contributed by atoms with van der Waals surface area (Å²) in [4.78, 5) is 0. The molecule has 0 aliphatic heterocycles.